The van der Waals surface area contributed by atoms with E-state index in [9.17, 15) is 17.6 Å². The first-order valence-corrected chi connectivity index (χ1v) is 4.78. The molecule has 1 heterocycles. The number of rotatable bonds is 5. The van der Waals surface area contributed by atoms with Gasteiger partial charge in [0.05, 0.1) is 12.6 Å². The Morgan fingerprint density at radius 3 is 2.44 bits per heavy atom. The van der Waals surface area contributed by atoms with E-state index in [0.717, 1.165) is 0 Å². The third kappa shape index (κ3) is 3.23. The summed E-state index contributed by atoms with van der Waals surface area (Å²) < 4.78 is 54.1. The average Bonchev–Trinajstić information content (AvgIpc) is 2.61. The molecule has 0 amide bonds. The van der Waals surface area contributed by atoms with Crippen LogP contribution in [0.15, 0.2) is 16.5 Å². The molecule has 0 aromatic carbocycles. The molecule has 0 fully saturated rings. The Morgan fingerprint density at radius 2 is 2.00 bits per heavy atom. The molecule has 1 rings (SSSR count). The molecule has 0 aliphatic carbocycles. The number of hydrogen-bond donors (Lipinski definition) is 1. The van der Waals surface area contributed by atoms with Crippen molar-refractivity contribution in [1.82, 2.24) is 5.32 Å². The van der Waals surface area contributed by atoms with Crippen molar-refractivity contribution in [2.75, 3.05) is 6.54 Å². The number of aryl methyl sites for hydroxylation is 1. The summed E-state index contributed by atoms with van der Waals surface area (Å²) in [7, 11) is 0. The van der Waals surface area contributed by atoms with Gasteiger partial charge in [-0.25, -0.2) is 8.78 Å². The highest BCUT2D eigenvalue weighted by molar-refractivity contribution is 5.08. The first kappa shape index (κ1) is 13.0. The lowest BCUT2D eigenvalue weighted by Crippen LogP contribution is -2.39. The summed E-state index contributed by atoms with van der Waals surface area (Å²) >= 11 is 0. The van der Waals surface area contributed by atoms with Crippen LogP contribution < -0.4 is 5.32 Å². The second-order valence-corrected chi connectivity index (χ2v) is 3.61. The van der Waals surface area contributed by atoms with E-state index in [4.69, 9.17) is 4.42 Å². The summed E-state index contributed by atoms with van der Waals surface area (Å²) in [5.41, 5.74) is 0. The van der Waals surface area contributed by atoms with Crippen LogP contribution in [0, 0.1) is 6.92 Å². The average molecular weight is 239 g/mol. The lowest BCUT2D eigenvalue weighted by Gasteiger charge is -2.18. The number of nitrogens with one attached hydrogen (secondary N) is 1. The van der Waals surface area contributed by atoms with Gasteiger partial charge in [-0.2, -0.15) is 8.78 Å². The molecule has 0 radical (unpaired) electrons. The van der Waals surface area contributed by atoms with E-state index in [2.05, 4.69) is 5.32 Å². The summed E-state index contributed by atoms with van der Waals surface area (Å²) in [6.07, 6.45) is -3.66. The van der Waals surface area contributed by atoms with Gasteiger partial charge in [0.2, 0.25) is 0 Å². The fourth-order valence-electron chi connectivity index (χ4n) is 1.15. The zero-order chi connectivity index (χ0) is 12.3. The smallest absolute Gasteiger partial charge is 0.319 e. The summed E-state index contributed by atoms with van der Waals surface area (Å²) in [5, 5.41) is 2.31. The van der Waals surface area contributed by atoms with E-state index in [1.165, 1.54) is 0 Å². The molecule has 0 spiro atoms. The number of halogens is 4. The van der Waals surface area contributed by atoms with Crippen molar-refractivity contribution in [3.05, 3.63) is 23.7 Å². The van der Waals surface area contributed by atoms with E-state index < -0.39 is 24.9 Å². The summed E-state index contributed by atoms with van der Waals surface area (Å²) in [6, 6.07) is 2.77. The summed E-state index contributed by atoms with van der Waals surface area (Å²) in [5.74, 6) is -2.93. The molecule has 92 valence electrons. The Hall–Kier alpha value is -1.04. The van der Waals surface area contributed by atoms with Gasteiger partial charge in [-0.15, -0.1) is 0 Å². The first-order valence-electron chi connectivity index (χ1n) is 4.78. The highest BCUT2D eigenvalue weighted by atomic mass is 19.3. The fourth-order valence-corrected chi connectivity index (χ4v) is 1.15. The van der Waals surface area contributed by atoms with Crippen molar-refractivity contribution in [3.63, 3.8) is 0 Å². The predicted molar refractivity (Wildman–Crippen MR) is 50.8 cm³/mol. The lowest BCUT2D eigenvalue weighted by atomic mass is 10.2. The molecule has 1 N–H and O–H groups in total. The van der Waals surface area contributed by atoms with Crippen molar-refractivity contribution < 1.29 is 22.0 Å². The third-order valence-corrected chi connectivity index (χ3v) is 2.15. The van der Waals surface area contributed by atoms with Crippen LogP contribution in [0.3, 0.4) is 0 Å². The van der Waals surface area contributed by atoms with Gasteiger partial charge in [-0.05, 0) is 26.0 Å². The van der Waals surface area contributed by atoms with E-state index in [1.807, 2.05) is 0 Å². The number of alkyl halides is 4. The molecule has 2 nitrogen and oxygen atoms in total. The molecular formula is C10H13F4NO. The predicted octanol–water partition coefficient (Wildman–Crippen LogP) is 3.14. The van der Waals surface area contributed by atoms with Gasteiger partial charge in [0.1, 0.15) is 11.5 Å². The van der Waals surface area contributed by atoms with E-state index in [-0.39, 0.29) is 0 Å². The van der Waals surface area contributed by atoms with Crippen LogP contribution in [-0.2, 0) is 0 Å². The highest BCUT2D eigenvalue weighted by Gasteiger charge is 2.40. The van der Waals surface area contributed by atoms with Crippen LogP contribution in [0.25, 0.3) is 0 Å². The number of furan rings is 1. The molecule has 16 heavy (non-hydrogen) atoms. The molecule has 6 heteroatoms. The van der Waals surface area contributed by atoms with Crippen molar-refractivity contribution >= 4 is 0 Å². The van der Waals surface area contributed by atoms with Crippen LogP contribution in [0.2, 0.25) is 0 Å². The van der Waals surface area contributed by atoms with Gasteiger partial charge in [-0.1, -0.05) is 0 Å². The van der Waals surface area contributed by atoms with Crippen LogP contribution in [-0.4, -0.2) is 18.9 Å². The van der Waals surface area contributed by atoms with Crippen molar-refractivity contribution in [2.45, 2.75) is 32.2 Å². The van der Waals surface area contributed by atoms with Gasteiger partial charge in [0.25, 0.3) is 0 Å². The maximum Gasteiger partial charge on any atom is 0.319 e. The van der Waals surface area contributed by atoms with Crippen LogP contribution in [0.4, 0.5) is 17.6 Å². The molecule has 0 bridgehead atoms. The number of hydrogen-bond acceptors (Lipinski definition) is 2. The zero-order valence-electron chi connectivity index (χ0n) is 8.94. The quantitative estimate of drug-likeness (QED) is 0.798. The van der Waals surface area contributed by atoms with Crippen LogP contribution in [0.5, 0.6) is 0 Å². The molecule has 1 aromatic rings. The molecule has 0 aliphatic rings. The van der Waals surface area contributed by atoms with E-state index in [0.29, 0.717) is 11.5 Å². The topological polar surface area (TPSA) is 25.2 Å². The SMILES string of the molecule is Cc1ccc(C(C)NCC(F)(F)C(F)F)o1. The van der Waals surface area contributed by atoms with E-state index in [1.54, 1.807) is 26.0 Å². The minimum Gasteiger partial charge on any atom is -0.465 e. The molecule has 0 aliphatic heterocycles. The van der Waals surface area contributed by atoms with Crippen LogP contribution >= 0.6 is 0 Å². The van der Waals surface area contributed by atoms with Crippen molar-refractivity contribution in [3.8, 4) is 0 Å². The maximum atomic E-state index is 12.6. The van der Waals surface area contributed by atoms with Gasteiger partial charge >= 0.3 is 12.3 Å². The third-order valence-electron chi connectivity index (χ3n) is 2.15. The standard InChI is InChI=1S/C10H13F4NO/c1-6-3-4-8(16-6)7(2)15-5-10(13,14)9(11)12/h3-4,7,9,15H,5H2,1-2H3. The molecule has 1 aromatic heterocycles. The van der Waals surface area contributed by atoms with Crippen LogP contribution in [0.1, 0.15) is 24.5 Å². The zero-order valence-corrected chi connectivity index (χ0v) is 8.94. The molecule has 1 atom stereocenters. The summed E-state index contributed by atoms with van der Waals surface area (Å²) in [4.78, 5) is 0. The molecular weight excluding hydrogens is 226 g/mol. The van der Waals surface area contributed by atoms with Crippen molar-refractivity contribution in [2.24, 2.45) is 0 Å². The van der Waals surface area contributed by atoms with Gasteiger partial charge < -0.3 is 9.73 Å². The van der Waals surface area contributed by atoms with Gasteiger partial charge in [0, 0.05) is 0 Å². The Kier molecular flexibility index (Phi) is 3.96. The molecule has 1 unspecified atom stereocenters. The largest absolute Gasteiger partial charge is 0.465 e. The Labute approximate surface area is 90.6 Å². The summed E-state index contributed by atoms with van der Waals surface area (Å²) in [6.45, 7) is 2.20. The second-order valence-electron chi connectivity index (χ2n) is 3.61. The lowest BCUT2D eigenvalue weighted by molar-refractivity contribution is -0.126. The first-order chi connectivity index (χ1) is 7.33. The van der Waals surface area contributed by atoms with Gasteiger partial charge in [0.15, 0.2) is 0 Å². The highest BCUT2D eigenvalue weighted by Crippen LogP contribution is 2.23. The second kappa shape index (κ2) is 4.86. The minimum absolute atomic E-state index is 0.447. The Morgan fingerprint density at radius 1 is 1.38 bits per heavy atom. The maximum absolute atomic E-state index is 12.6. The van der Waals surface area contributed by atoms with Gasteiger partial charge in [-0.3, -0.25) is 0 Å². The van der Waals surface area contributed by atoms with E-state index >= 15 is 0 Å². The molecule has 0 saturated heterocycles. The molecule has 0 saturated carbocycles. The Balaban J connectivity index is 2.50. The Bertz CT molecular complexity index is 337. The van der Waals surface area contributed by atoms with Crippen molar-refractivity contribution in [1.29, 1.82) is 0 Å². The normalized spacial score (nSPS) is 14.4. The minimum atomic E-state index is -4.02. The fraction of sp³-hybridized carbons (Fsp3) is 0.600. The monoisotopic (exact) mass is 239 g/mol.